The predicted molar refractivity (Wildman–Crippen MR) is 68.0 cm³/mol. The minimum absolute atomic E-state index is 0.0240. The Morgan fingerprint density at radius 1 is 1.59 bits per heavy atom. The van der Waals surface area contributed by atoms with Gasteiger partial charge in [-0.25, -0.2) is 4.98 Å². The van der Waals surface area contributed by atoms with E-state index in [2.05, 4.69) is 15.6 Å². The number of hydrogen-bond acceptors (Lipinski definition) is 5. The first-order valence-electron chi connectivity index (χ1n) is 5.56. The van der Waals surface area contributed by atoms with Gasteiger partial charge >= 0.3 is 0 Å². The van der Waals surface area contributed by atoms with Gasteiger partial charge in [0.2, 0.25) is 5.91 Å². The van der Waals surface area contributed by atoms with Gasteiger partial charge in [-0.1, -0.05) is 0 Å². The zero-order valence-electron chi connectivity index (χ0n) is 10.4. The van der Waals surface area contributed by atoms with E-state index in [1.807, 2.05) is 19.2 Å². The van der Waals surface area contributed by atoms with Crippen LogP contribution in [0, 0.1) is 0 Å². The molecule has 1 aromatic heterocycles. The largest absolute Gasteiger partial charge is 0.383 e. The molecule has 0 aromatic carbocycles. The summed E-state index contributed by atoms with van der Waals surface area (Å²) in [4.78, 5) is 15.9. The van der Waals surface area contributed by atoms with Crippen LogP contribution in [-0.4, -0.2) is 37.2 Å². The van der Waals surface area contributed by atoms with Crippen molar-refractivity contribution in [3.63, 3.8) is 0 Å². The van der Waals surface area contributed by atoms with Crippen molar-refractivity contribution >= 4 is 17.2 Å². The lowest BCUT2D eigenvalue weighted by Crippen LogP contribution is -2.44. The summed E-state index contributed by atoms with van der Waals surface area (Å²) in [5.74, 6) is -0.0240. The first-order chi connectivity index (χ1) is 8.15. The number of nitrogens with zero attached hydrogens (tertiary/aromatic N) is 1. The van der Waals surface area contributed by atoms with E-state index < -0.39 is 0 Å². The smallest absolute Gasteiger partial charge is 0.236 e. The van der Waals surface area contributed by atoms with Crippen molar-refractivity contribution in [2.24, 2.45) is 0 Å². The Balaban J connectivity index is 2.32. The second-order valence-electron chi connectivity index (χ2n) is 3.81. The van der Waals surface area contributed by atoms with Crippen LogP contribution in [0.15, 0.2) is 10.9 Å². The van der Waals surface area contributed by atoms with E-state index in [1.54, 1.807) is 24.0 Å². The number of ether oxygens (including phenoxy) is 1. The quantitative estimate of drug-likeness (QED) is 0.714. The van der Waals surface area contributed by atoms with E-state index in [1.165, 1.54) is 0 Å². The Hall–Kier alpha value is -0.980. The van der Waals surface area contributed by atoms with E-state index in [0.29, 0.717) is 13.2 Å². The number of amides is 1. The number of carbonyl (C=O) groups is 1. The summed E-state index contributed by atoms with van der Waals surface area (Å²) < 4.78 is 4.87. The van der Waals surface area contributed by atoms with Gasteiger partial charge < -0.3 is 10.1 Å². The highest BCUT2D eigenvalue weighted by Crippen LogP contribution is 2.12. The fraction of sp³-hybridized carbons (Fsp3) is 0.636. The molecule has 0 aliphatic rings. The Morgan fingerprint density at radius 3 is 2.94 bits per heavy atom. The van der Waals surface area contributed by atoms with Gasteiger partial charge in [-0.3, -0.25) is 10.1 Å². The van der Waals surface area contributed by atoms with Gasteiger partial charge in [0.25, 0.3) is 0 Å². The van der Waals surface area contributed by atoms with Crippen LogP contribution >= 0.6 is 11.3 Å². The fourth-order valence-corrected chi connectivity index (χ4v) is 2.05. The number of hydrogen-bond donors (Lipinski definition) is 2. The molecule has 1 rings (SSSR count). The lowest BCUT2D eigenvalue weighted by Gasteiger charge is -2.18. The Kier molecular flexibility index (Phi) is 6.10. The van der Waals surface area contributed by atoms with Crippen molar-refractivity contribution in [3.05, 3.63) is 16.6 Å². The van der Waals surface area contributed by atoms with E-state index in [-0.39, 0.29) is 18.0 Å². The van der Waals surface area contributed by atoms with E-state index in [9.17, 15) is 4.79 Å². The number of methoxy groups -OCH3 is 1. The van der Waals surface area contributed by atoms with Gasteiger partial charge in [0.15, 0.2) is 0 Å². The summed E-state index contributed by atoms with van der Waals surface area (Å²) in [6.07, 6.45) is 0. The molecule has 17 heavy (non-hydrogen) atoms. The highest BCUT2D eigenvalue weighted by Gasteiger charge is 2.16. The van der Waals surface area contributed by atoms with Crippen LogP contribution < -0.4 is 10.6 Å². The normalized spacial score (nSPS) is 14.3. The van der Waals surface area contributed by atoms with Gasteiger partial charge in [-0.2, -0.15) is 0 Å². The molecule has 1 aromatic rings. The zero-order valence-corrected chi connectivity index (χ0v) is 11.2. The second-order valence-corrected chi connectivity index (χ2v) is 4.53. The lowest BCUT2D eigenvalue weighted by molar-refractivity contribution is -0.123. The summed E-state index contributed by atoms with van der Waals surface area (Å²) in [7, 11) is 1.61. The fourth-order valence-electron chi connectivity index (χ4n) is 1.40. The summed E-state index contributed by atoms with van der Waals surface area (Å²) in [6.45, 7) is 4.89. The minimum Gasteiger partial charge on any atom is -0.383 e. The third-order valence-electron chi connectivity index (χ3n) is 2.39. The summed E-state index contributed by atoms with van der Waals surface area (Å²) in [5.41, 5.74) is 2.75. The zero-order chi connectivity index (χ0) is 12.7. The molecule has 2 N–H and O–H groups in total. The topological polar surface area (TPSA) is 63.2 Å². The molecule has 0 aliphatic carbocycles. The highest BCUT2D eigenvalue weighted by molar-refractivity contribution is 7.07. The maximum atomic E-state index is 11.7. The van der Waals surface area contributed by atoms with Crippen molar-refractivity contribution in [3.8, 4) is 0 Å². The molecule has 5 nitrogen and oxygen atoms in total. The van der Waals surface area contributed by atoms with E-state index in [0.717, 1.165) is 5.69 Å². The number of nitrogens with one attached hydrogen (secondary N) is 2. The Labute approximate surface area is 106 Å². The molecule has 96 valence electrons. The lowest BCUT2D eigenvalue weighted by atomic mass is 10.2. The molecule has 0 spiro atoms. The first kappa shape index (κ1) is 14.1. The van der Waals surface area contributed by atoms with Gasteiger partial charge in [0.05, 0.1) is 23.9 Å². The van der Waals surface area contributed by atoms with Crippen LogP contribution in [-0.2, 0) is 9.53 Å². The van der Waals surface area contributed by atoms with Crippen LogP contribution in [0.5, 0.6) is 0 Å². The summed E-state index contributed by atoms with van der Waals surface area (Å²) in [6, 6.07) is -0.173. The van der Waals surface area contributed by atoms with E-state index >= 15 is 0 Å². The summed E-state index contributed by atoms with van der Waals surface area (Å²) in [5, 5.41) is 7.97. The molecular weight excluding hydrogens is 238 g/mol. The SMILES string of the molecule is COCCNC(=O)C(C)NC(C)c1cscn1. The molecule has 0 radical (unpaired) electrons. The summed E-state index contributed by atoms with van der Waals surface area (Å²) >= 11 is 1.55. The van der Waals surface area contributed by atoms with Crippen LogP contribution in [0.4, 0.5) is 0 Å². The number of thiazole rings is 1. The maximum Gasteiger partial charge on any atom is 0.236 e. The average molecular weight is 257 g/mol. The third-order valence-corrected chi connectivity index (χ3v) is 3.00. The van der Waals surface area contributed by atoms with Crippen molar-refractivity contribution < 1.29 is 9.53 Å². The van der Waals surface area contributed by atoms with Crippen molar-refractivity contribution in [1.29, 1.82) is 0 Å². The molecule has 2 atom stereocenters. The molecule has 2 unspecified atom stereocenters. The van der Waals surface area contributed by atoms with Crippen molar-refractivity contribution in [2.45, 2.75) is 25.9 Å². The molecule has 1 amide bonds. The van der Waals surface area contributed by atoms with E-state index in [4.69, 9.17) is 4.74 Å². The monoisotopic (exact) mass is 257 g/mol. The van der Waals surface area contributed by atoms with Crippen LogP contribution in [0.2, 0.25) is 0 Å². The van der Waals surface area contributed by atoms with Gasteiger partial charge in [0, 0.05) is 25.1 Å². The average Bonchev–Trinajstić information content (AvgIpc) is 2.82. The minimum atomic E-state index is -0.247. The maximum absolute atomic E-state index is 11.7. The van der Waals surface area contributed by atoms with Crippen LogP contribution in [0.3, 0.4) is 0 Å². The number of rotatable bonds is 7. The molecule has 1 heterocycles. The van der Waals surface area contributed by atoms with Crippen molar-refractivity contribution in [1.82, 2.24) is 15.6 Å². The van der Waals surface area contributed by atoms with Crippen LogP contribution in [0.25, 0.3) is 0 Å². The van der Waals surface area contributed by atoms with Gasteiger partial charge in [0.1, 0.15) is 0 Å². The Morgan fingerprint density at radius 2 is 2.35 bits per heavy atom. The predicted octanol–water partition coefficient (Wildman–Crippen LogP) is 0.945. The van der Waals surface area contributed by atoms with Gasteiger partial charge in [-0.05, 0) is 13.8 Å². The van der Waals surface area contributed by atoms with Crippen molar-refractivity contribution in [2.75, 3.05) is 20.3 Å². The van der Waals surface area contributed by atoms with Gasteiger partial charge in [-0.15, -0.1) is 11.3 Å². The molecule has 0 saturated heterocycles. The second kappa shape index (κ2) is 7.37. The first-order valence-corrected chi connectivity index (χ1v) is 6.50. The number of aromatic nitrogens is 1. The highest BCUT2D eigenvalue weighted by atomic mass is 32.1. The molecular formula is C11H19N3O2S. The molecule has 0 fully saturated rings. The molecule has 6 heteroatoms. The number of carbonyl (C=O) groups excluding carboxylic acids is 1. The van der Waals surface area contributed by atoms with Crippen LogP contribution in [0.1, 0.15) is 25.6 Å². The third kappa shape index (κ3) is 4.80. The molecule has 0 bridgehead atoms. The molecule has 0 aliphatic heterocycles. The molecule has 0 saturated carbocycles. The Bertz CT molecular complexity index is 329. The standard InChI is InChI=1S/C11H19N3O2S/c1-8(10-6-17-7-13-10)14-9(2)11(15)12-4-5-16-3/h6-9,14H,4-5H2,1-3H3,(H,12,15).